The number of thiazole rings is 1. The van der Waals surface area contributed by atoms with E-state index in [0.29, 0.717) is 18.2 Å². The van der Waals surface area contributed by atoms with Crippen molar-refractivity contribution >= 4 is 35.0 Å². The van der Waals surface area contributed by atoms with E-state index in [1.807, 2.05) is 55.3 Å². The monoisotopic (exact) mass is 434 g/mol. The number of piperidine rings is 1. The van der Waals surface area contributed by atoms with Gasteiger partial charge in [-0.15, -0.1) is 11.3 Å². The van der Waals surface area contributed by atoms with Crippen molar-refractivity contribution in [1.29, 1.82) is 0 Å². The molecule has 3 aromatic rings. The van der Waals surface area contributed by atoms with Gasteiger partial charge < -0.3 is 10.2 Å². The van der Waals surface area contributed by atoms with Gasteiger partial charge in [0, 0.05) is 35.5 Å². The summed E-state index contributed by atoms with van der Waals surface area (Å²) in [6.07, 6.45) is 6.27. The van der Waals surface area contributed by atoms with Crippen LogP contribution in [0.25, 0.3) is 6.08 Å². The van der Waals surface area contributed by atoms with Gasteiger partial charge in [-0.05, 0) is 58.2 Å². The Hall–Kier alpha value is -3.13. The van der Waals surface area contributed by atoms with Crippen molar-refractivity contribution in [1.82, 2.24) is 24.8 Å². The number of nitrogens with one attached hydrogen (secondary N) is 1. The SMILES string of the molecule is Cc1cccc(Nc2cc(C)nc([C@H]3CCCCN3C(=O)/C=C/c3csc(C)n3)n2)n1. The molecular weight excluding hydrogens is 408 g/mol. The number of amides is 1. The zero-order valence-electron chi connectivity index (χ0n) is 18.0. The minimum absolute atomic E-state index is 0.0321. The van der Waals surface area contributed by atoms with Crippen LogP contribution in [0.15, 0.2) is 35.7 Å². The Morgan fingerprint density at radius 3 is 2.74 bits per heavy atom. The van der Waals surface area contributed by atoms with Gasteiger partial charge in [-0.2, -0.15) is 0 Å². The molecule has 1 aliphatic heterocycles. The molecule has 1 atom stereocenters. The first-order valence-electron chi connectivity index (χ1n) is 10.4. The van der Waals surface area contributed by atoms with Crippen molar-refractivity contribution in [3.8, 4) is 0 Å². The predicted molar refractivity (Wildman–Crippen MR) is 123 cm³/mol. The molecule has 1 amide bonds. The maximum absolute atomic E-state index is 13.0. The van der Waals surface area contributed by atoms with Crippen molar-refractivity contribution in [2.24, 2.45) is 0 Å². The highest BCUT2D eigenvalue weighted by atomic mass is 32.1. The van der Waals surface area contributed by atoms with Gasteiger partial charge in [-0.1, -0.05) is 6.07 Å². The molecule has 0 saturated carbocycles. The lowest BCUT2D eigenvalue weighted by Crippen LogP contribution is -2.38. The lowest BCUT2D eigenvalue weighted by Gasteiger charge is -2.34. The molecular formula is C23H26N6OS. The van der Waals surface area contributed by atoms with E-state index in [9.17, 15) is 4.79 Å². The van der Waals surface area contributed by atoms with E-state index in [0.717, 1.165) is 47.2 Å². The van der Waals surface area contributed by atoms with Gasteiger partial charge in [0.15, 0.2) is 5.82 Å². The van der Waals surface area contributed by atoms with E-state index < -0.39 is 0 Å². The van der Waals surface area contributed by atoms with Gasteiger partial charge in [0.25, 0.3) is 0 Å². The summed E-state index contributed by atoms with van der Waals surface area (Å²) in [5.41, 5.74) is 2.60. The lowest BCUT2D eigenvalue weighted by atomic mass is 10.0. The predicted octanol–water partition coefficient (Wildman–Crippen LogP) is 4.76. The Kier molecular flexibility index (Phi) is 6.36. The third-order valence-electron chi connectivity index (χ3n) is 5.13. The highest BCUT2D eigenvalue weighted by molar-refractivity contribution is 7.09. The van der Waals surface area contributed by atoms with Gasteiger partial charge in [-0.25, -0.2) is 19.9 Å². The highest BCUT2D eigenvalue weighted by Crippen LogP contribution is 2.30. The van der Waals surface area contributed by atoms with E-state index in [1.54, 1.807) is 23.5 Å². The molecule has 0 bridgehead atoms. The molecule has 0 spiro atoms. The zero-order valence-corrected chi connectivity index (χ0v) is 18.8. The largest absolute Gasteiger partial charge is 0.329 e. The number of rotatable bonds is 5. The fourth-order valence-corrected chi connectivity index (χ4v) is 4.30. The van der Waals surface area contributed by atoms with Crippen molar-refractivity contribution in [3.63, 3.8) is 0 Å². The van der Waals surface area contributed by atoms with E-state index >= 15 is 0 Å². The molecule has 0 unspecified atom stereocenters. The van der Waals surface area contributed by atoms with Crippen LogP contribution in [0.5, 0.6) is 0 Å². The van der Waals surface area contributed by atoms with Crippen LogP contribution in [0, 0.1) is 20.8 Å². The van der Waals surface area contributed by atoms with E-state index in [4.69, 9.17) is 4.98 Å². The Bertz CT molecular complexity index is 1110. The maximum atomic E-state index is 13.0. The molecule has 7 nitrogen and oxygen atoms in total. The van der Waals surface area contributed by atoms with Crippen LogP contribution in [0.2, 0.25) is 0 Å². The van der Waals surface area contributed by atoms with Crippen LogP contribution in [0.3, 0.4) is 0 Å². The van der Waals surface area contributed by atoms with Crippen molar-refractivity contribution in [2.75, 3.05) is 11.9 Å². The van der Waals surface area contributed by atoms with Crippen molar-refractivity contribution < 1.29 is 4.79 Å². The number of aryl methyl sites for hydroxylation is 3. The fraction of sp³-hybridized carbons (Fsp3) is 0.348. The van der Waals surface area contributed by atoms with E-state index in [1.165, 1.54) is 0 Å². The average molecular weight is 435 g/mol. The number of aromatic nitrogens is 4. The second-order valence-electron chi connectivity index (χ2n) is 7.71. The molecule has 1 aliphatic rings. The Labute approximate surface area is 186 Å². The quantitative estimate of drug-likeness (QED) is 0.583. The third kappa shape index (κ3) is 5.32. The normalized spacial score (nSPS) is 16.6. The molecule has 31 heavy (non-hydrogen) atoms. The Morgan fingerprint density at radius 1 is 1.10 bits per heavy atom. The van der Waals surface area contributed by atoms with Crippen LogP contribution in [-0.2, 0) is 4.79 Å². The molecule has 1 saturated heterocycles. The number of anilines is 2. The maximum Gasteiger partial charge on any atom is 0.247 e. The number of likely N-dealkylation sites (tertiary alicyclic amines) is 1. The number of nitrogens with zero attached hydrogens (tertiary/aromatic N) is 5. The minimum atomic E-state index is -0.144. The summed E-state index contributed by atoms with van der Waals surface area (Å²) in [6, 6.07) is 7.57. The molecule has 1 N–H and O–H groups in total. The van der Waals surface area contributed by atoms with Gasteiger partial charge in [0.1, 0.15) is 11.6 Å². The molecule has 0 radical (unpaired) electrons. The summed E-state index contributed by atoms with van der Waals surface area (Å²) in [5.74, 6) is 2.06. The van der Waals surface area contributed by atoms with Crippen LogP contribution in [-0.4, -0.2) is 37.3 Å². The summed E-state index contributed by atoms with van der Waals surface area (Å²) < 4.78 is 0. The first-order valence-corrected chi connectivity index (χ1v) is 11.3. The summed E-state index contributed by atoms with van der Waals surface area (Å²) in [7, 11) is 0. The van der Waals surface area contributed by atoms with Gasteiger partial charge >= 0.3 is 0 Å². The van der Waals surface area contributed by atoms with Crippen molar-refractivity contribution in [2.45, 2.75) is 46.1 Å². The third-order valence-corrected chi connectivity index (χ3v) is 5.93. The zero-order chi connectivity index (χ0) is 21.8. The number of hydrogen-bond acceptors (Lipinski definition) is 7. The molecule has 160 valence electrons. The number of pyridine rings is 1. The summed E-state index contributed by atoms with van der Waals surface area (Å²) in [4.78, 5) is 33.2. The Balaban J connectivity index is 1.56. The molecule has 4 heterocycles. The smallest absolute Gasteiger partial charge is 0.247 e. The highest BCUT2D eigenvalue weighted by Gasteiger charge is 2.29. The van der Waals surface area contributed by atoms with Gasteiger partial charge in [0.2, 0.25) is 5.91 Å². The van der Waals surface area contributed by atoms with E-state index in [2.05, 4.69) is 20.3 Å². The second-order valence-corrected chi connectivity index (χ2v) is 8.77. The van der Waals surface area contributed by atoms with Crippen LogP contribution < -0.4 is 5.32 Å². The molecule has 8 heteroatoms. The second kappa shape index (κ2) is 9.34. The number of hydrogen-bond donors (Lipinski definition) is 1. The average Bonchev–Trinajstić information content (AvgIpc) is 3.17. The molecule has 0 aromatic carbocycles. The lowest BCUT2D eigenvalue weighted by molar-refractivity contribution is -0.129. The molecule has 0 aliphatic carbocycles. The standard InChI is InChI=1S/C23H26N6OS/c1-15-7-6-9-20(24-15)27-21-13-16(2)25-23(28-21)19-8-4-5-12-29(19)22(30)11-10-18-14-31-17(3)26-18/h6-7,9-11,13-14,19H,4-5,8,12H2,1-3H3,(H,24,25,27,28)/b11-10+/t19-/m1/s1. The first-order chi connectivity index (χ1) is 15.0. The van der Waals surface area contributed by atoms with E-state index in [-0.39, 0.29) is 11.9 Å². The fourth-order valence-electron chi connectivity index (χ4n) is 3.72. The summed E-state index contributed by atoms with van der Waals surface area (Å²) in [5, 5.41) is 6.21. The summed E-state index contributed by atoms with van der Waals surface area (Å²) in [6.45, 7) is 6.55. The minimum Gasteiger partial charge on any atom is -0.329 e. The molecule has 3 aromatic heterocycles. The topological polar surface area (TPSA) is 83.9 Å². The van der Waals surface area contributed by atoms with Crippen LogP contribution >= 0.6 is 11.3 Å². The summed E-state index contributed by atoms with van der Waals surface area (Å²) >= 11 is 1.57. The van der Waals surface area contributed by atoms with Crippen molar-refractivity contribution in [3.05, 3.63) is 63.6 Å². The molecule has 4 rings (SSSR count). The number of carbonyl (C=O) groups is 1. The number of carbonyl (C=O) groups excluding carboxylic acids is 1. The first kappa shape index (κ1) is 21.1. The van der Waals surface area contributed by atoms with Gasteiger partial charge in [-0.3, -0.25) is 4.79 Å². The Morgan fingerprint density at radius 2 is 1.97 bits per heavy atom. The molecule has 1 fully saturated rings. The van der Waals surface area contributed by atoms with Gasteiger partial charge in [0.05, 0.1) is 16.7 Å². The van der Waals surface area contributed by atoms with Crippen LogP contribution in [0.4, 0.5) is 11.6 Å². The van der Waals surface area contributed by atoms with Crippen LogP contribution in [0.1, 0.15) is 53.2 Å².